The number of esters is 3. The van der Waals surface area contributed by atoms with Crippen LogP contribution in [0.3, 0.4) is 0 Å². The lowest BCUT2D eigenvalue weighted by molar-refractivity contribution is -0.144. The molecule has 0 saturated heterocycles. The first-order valence-electron chi connectivity index (χ1n) is 11.1. The van der Waals surface area contributed by atoms with Gasteiger partial charge in [-0.2, -0.15) is 0 Å². The summed E-state index contributed by atoms with van der Waals surface area (Å²) in [7, 11) is 0. The molecule has 0 saturated carbocycles. The third-order valence-corrected chi connectivity index (χ3v) is 5.24. The number of amides is 2. The Balaban J connectivity index is 2.37. The molecule has 0 bridgehead atoms. The van der Waals surface area contributed by atoms with Gasteiger partial charge in [-0.25, -0.2) is 4.79 Å². The molecule has 0 aliphatic heterocycles. The molecule has 0 aliphatic carbocycles. The molecule has 0 heterocycles. The molecule has 2 amide bonds. The molecule has 0 unspecified atom stereocenters. The zero-order valence-electron chi connectivity index (χ0n) is 19.6. The minimum Gasteiger partial charge on any atom is -0.466 e. The molecule has 0 fully saturated rings. The van der Waals surface area contributed by atoms with Gasteiger partial charge in [0.15, 0.2) is 6.61 Å². The second kappa shape index (κ2) is 17.4. The normalized spacial score (nSPS) is 10.2. The summed E-state index contributed by atoms with van der Waals surface area (Å²) in [4.78, 5) is 59.4. The van der Waals surface area contributed by atoms with Gasteiger partial charge in [-0.1, -0.05) is 12.1 Å². The van der Waals surface area contributed by atoms with Crippen molar-refractivity contribution >= 4 is 41.5 Å². The number of carbonyl (C=O) groups is 5. The molecule has 0 atom stereocenters. The maximum absolute atomic E-state index is 12.4. The lowest BCUT2D eigenvalue weighted by Gasteiger charge is -2.10. The van der Waals surface area contributed by atoms with Crippen LogP contribution >= 0.6 is 11.8 Å². The number of thioether (sulfide) groups is 1. The average molecular weight is 497 g/mol. The second-order valence-electron chi connectivity index (χ2n) is 6.88. The van der Waals surface area contributed by atoms with Crippen LogP contribution in [0.5, 0.6) is 0 Å². The molecule has 0 spiro atoms. The van der Waals surface area contributed by atoms with Crippen LogP contribution in [0.4, 0.5) is 0 Å². The van der Waals surface area contributed by atoms with Gasteiger partial charge in [-0.3, -0.25) is 19.2 Å². The van der Waals surface area contributed by atoms with Crippen LogP contribution in [0.2, 0.25) is 0 Å². The SMILES string of the molecule is CCOC(=O)CCCNC(=O)COC(=O)c1ccccc1SCC(=O)NCCCC(=O)OCC. The Morgan fingerprint density at radius 1 is 0.794 bits per heavy atom. The molecule has 10 nitrogen and oxygen atoms in total. The third-order valence-electron chi connectivity index (χ3n) is 4.17. The summed E-state index contributed by atoms with van der Waals surface area (Å²) in [5, 5.41) is 5.28. The largest absolute Gasteiger partial charge is 0.466 e. The summed E-state index contributed by atoms with van der Waals surface area (Å²) in [5.41, 5.74) is 0.248. The van der Waals surface area contributed by atoms with Crippen molar-refractivity contribution in [2.75, 3.05) is 38.7 Å². The second-order valence-corrected chi connectivity index (χ2v) is 7.90. The highest BCUT2D eigenvalue weighted by Gasteiger charge is 2.15. The Labute approximate surface area is 203 Å². The maximum Gasteiger partial charge on any atom is 0.339 e. The van der Waals surface area contributed by atoms with Gasteiger partial charge in [0.1, 0.15) is 0 Å². The fourth-order valence-electron chi connectivity index (χ4n) is 2.60. The molecular formula is C23H32N2O8S. The van der Waals surface area contributed by atoms with E-state index in [4.69, 9.17) is 14.2 Å². The van der Waals surface area contributed by atoms with Crippen LogP contribution in [0.1, 0.15) is 49.9 Å². The van der Waals surface area contributed by atoms with Crippen LogP contribution in [-0.4, -0.2) is 68.4 Å². The molecule has 1 aromatic rings. The van der Waals surface area contributed by atoms with E-state index in [-0.39, 0.29) is 48.5 Å². The smallest absolute Gasteiger partial charge is 0.339 e. The van der Waals surface area contributed by atoms with Crippen LogP contribution in [0.15, 0.2) is 29.2 Å². The van der Waals surface area contributed by atoms with E-state index >= 15 is 0 Å². The van der Waals surface area contributed by atoms with Crippen LogP contribution in [-0.2, 0) is 33.4 Å². The fourth-order valence-corrected chi connectivity index (χ4v) is 3.47. The molecular weight excluding hydrogens is 464 g/mol. The van der Waals surface area contributed by atoms with Gasteiger partial charge in [0, 0.05) is 30.8 Å². The number of hydrogen-bond donors (Lipinski definition) is 2. The van der Waals surface area contributed by atoms with Crippen molar-refractivity contribution in [3.63, 3.8) is 0 Å². The highest BCUT2D eigenvalue weighted by atomic mass is 32.2. The van der Waals surface area contributed by atoms with Gasteiger partial charge in [0.25, 0.3) is 5.91 Å². The standard InChI is InChI=1S/C23H32N2O8S/c1-3-31-21(28)11-7-13-24-19(26)15-33-23(30)17-9-5-6-10-18(17)34-16-20(27)25-14-8-12-22(29)32-4-2/h5-6,9-10H,3-4,7-8,11-16H2,1-2H3,(H,24,26)(H,25,27). The maximum atomic E-state index is 12.4. The topological polar surface area (TPSA) is 137 Å². The lowest BCUT2D eigenvalue weighted by atomic mass is 10.2. The van der Waals surface area contributed by atoms with E-state index < -0.39 is 18.5 Å². The van der Waals surface area contributed by atoms with Crippen LogP contribution in [0.25, 0.3) is 0 Å². The van der Waals surface area contributed by atoms with Crippen LogP contribution < -0.4 is 10.6 Å². The lowest BCUT2D eigenvalue weighted by Crippen LogP contribution is -2.30. The van der Waals surface area contributed by atoms with Gasteiger partial charge in [-0.05, 0) is 38.8 Å². The first kappa shape index (κ1) is 29.0. The van der Waals surface area contributed by atoms with Crippen molar-refractivity contribution in [2.45, 2.75) is 44.4 Å². The predicted molar refractivity (Wildman–Crippen MR) is 125 cm³/mol. The van der Waals surface area contributed by atoms with Gasteiger partial charge >= 0.3 is 17.9 Å². The number of nitrogens with one attached hydrogen (secondary N) is 2. The molecule has 2 N–H and O–H groups in total. The van der Waals surface area contributed by atoms with E-state index in [0.717, 1.165) is 11.8 Å². The van der Waals surface area contributed by atoms with Crippen molar-refractivity contribution in [3.05, 3.63) is 29.8 Å². The van der Waals surface area contributed by atoms with E-state index in [0.29, 0.717) is 37.5 Å². The van der Waals surface area contributed by atoms with E-state index in [1.807, 2.05) is 0 Å². The Morgan fingerprint density at radius 2 is 1.35 bits per heavy atom. The highest BCUT2D eigenvalue weighted by molar-refractivity contribution is 8.00. The Hall–Kier alpha value is -3.08. The average Bonchev–Trinajstić information content (AvgIpc) is 2.82. The number of benzene rings is 1. The molecule has 11 heteroatoms. The summed E-state index contributed by atoms with van der Waals surface area (Å²) in [6, 6.07) is 6.63. The Kier molecular flexibility index (Phi) is 14.8. The molecule has 34 heavy (non-hydrogen) atoms. The molecule has 0 aromatic heterocycles. The van der Waals surface area contributed by atoms with Crippen molar-refractivity contribution < 1.29 is 38.2 Å². The third kappa shape index (κ3) is 12.8. The molecule has 0 aliphatic rings. The van der Waals surface area contributed by atoms with Gasteiger partial charge in [0.2, 0.25) is 5.91 Å². The van der Waals surface area contributed by atoms with E-state index in [2.05, 4.69) is 10.6 Å². The van der Waals surface area contributed by atoms with Gasteiger partial charge in [-0.15, -0.1) is 11.8 Å². The van der Waals surface area contributed by atoms with Crippen molar-refractivity contribution in [1.82, 2.24) is 10.6 Å². The molecule has 1 aromatic carbocycles. The minimum atomic E-state index is -0.681. The summed E-state index contributed by atoms with van der Waals surface area (Å²) >= 11 is 1.16. The molecule has 0 radical (unpaired) electrons. The van der Waals surface area contributed by atoms with Crippen molar-refractivity contribution in [2.24, 2.45) is 0 Å². The van der Waals surface area contributed by atoms with Crippen LogP contribution in [0, 0.1) is 0 Å². The van der Waals surface area contributed by atoms with E-state index in [9.17, 15) is 24.0 Å². The number of carbonyl (C=O) groups excluding carboxylic acids is 5. The fraction of sp³-hybridized carbons (Fsp3) is 0.522. The zero-order valence-corrected chi connectivity index (χ0v) is 20.4. The summed E-state index contributed by atoms with van der Waals surface area (Å²) in [5.74, 6) is -1.96. The summed E-state index contributed by atoms with van der Waals surface area (Å²) < 4.78 is 14.7. The summed E-state index contributed by atoms with van der Waals surface area (Å²) in [6.07, 6.45) is 1.32. The van der Waals surface area contributed by atoms with Gasteiger partial charge < -0.3 is 24.8 Å². The zero-order chi connectivity index (χ0) is 25.2. The number of ether oxygens (including phenoxy) is 3. The monoisotopic (exact) mass is 496 g/mol. The molecule has 188 valence electrons. The van der Waals surface area contributed by atoms with Crippen molar-refractivity contribution in [1.29, 1.82) is 0 Å². The first-order chi connectivity index (χ1) is 16.4. The Bertz CT molecular complexity index is 831. The molecule has 1 rings (SSSR count). The number of hydrogen-bond acceptors (Lipinski definition) is 9. The highest BCUT2D eigenvalue weighted by Crippen LogP contribution is 2.23. The Morgan fingerprint density at radius 3 is 1.94 bits per heavy atom. The van der Waals surface area contributed by atoms with Gasteiger partial charge in [0.05, 0.1) is 24.5 Å². The van der Waals surface area contributed by atoms with Crippen molar-refractivity contribution in [3.8, 4) is 0 Å². The quantitative estimate of drug-likeness (QED) is 0.152. The van der Waals surface area contributed by atoms with E-state index in [1.54, 1.807) is 38.1 Å². The predicted octanol–water partition coefficient (Wildman–Crippen LogP) is 1.85. The summed E-state index contributed by atoms with van der Waals surface area (Å²) in [6.45, 7) is 4.23. The van der Waals surface area contributed by atoms with E-state index in [1.165, 1.54) is 0 Å². The number of rotatable bonds is 16. The minimum absolute atomic E-state index is 0.0741. The first-order valence-corrected chi connectivity index (χ1v) is 12.1.